The van der Waals surface area contributed by atoms with E-state index in [2.05, 4.69) is 17.2 Å². The number of nitrogens with one attached hydrogen (secondary N) is 1. The molecule has 1 aromatic heterocycles. The lowest BCUT2D eigenvalue weighted by Gasteiger charge is -2.16. The molecule has 3 aromatic carbocycles. The lowest BCUT2D eigenvalue weighted by atomic mass is 9.93. The first-order valence-electron chi connectivity index (χ1n) is 18.0. The smallest absolute Gasteiger partial charge is 0.330 e. The van der Waals surface area contributed by atoms with Crippen LogP contribution in [-0.2, 0) is 18.4 Å². The molecule has 0 saturated heterocycles. The standard InChI is InChI=1S/C42H48FN2O8P/c1-5-52-54(51,53-6-2)25-15-9-12-18-31-26-32(43)21-22-36(31)41-38(30-16-10-7-11-17-30)39(42(50)44-33-19-13-8-14-20-33)40(29(3)4)45(41)24-23-34(46)27-35(47)28-37(48)49/h7-8,10-11,13-14,16-17,19-24,26,29,34-35,46-47H,5-6,9,15,25,27-28H2,1-4H3,(H,44,50)(H,48,49)/b24-23+/t34-,35-/m1/s1. The van der Waals surface area contributed by atoms with Crippen LogP contribution in [0.15, 0.2) is 84.9 Å². The Balaban J connectivity index is 1.95. The van der Waals surface area contributed by atoms with Crippen molar-refractivity contribution in [1.29, 1.82) is 0 Å². The quantitative estimate of drug-likeness (QED) is 0.0447. The third-order valence-corrected chi connectivity index (χ3v) is 10.5. The summed E-state index contributed by atoms with van der Waals surface area (Å²) in [4.78, 5) is 25.6. The SMILES string of the molecule is CCOP(=O)(CCCC#Cc1cc(F)ccc1-c1c(-c2ccccc2)c(C(=O)Nc2ccccc2)c(C(C)C)n1/C=C/[C@@H](O)C[C@@H](O)CC(=O)O)OCC. The first-order chi connectivity index (χ1) is 25.9. The Bertz CT molecular complexity index is 2010. The summed E-state index contributed by atoms with van der Waals surface area (Å²) in [5.41, 5.74) is 4.09. The number of halogens is 1. The zero-order valence-electron chi connectivity index (χ0n) is 31.0. The minimum absolute atomic E-state index is 0.173. The Morgan fingerprint density at radius 1 is 0.981 bits per heavy atom. The van der Waals surface area contributed by atoms with Gasteiger partial charge in [0.1, 0.15) is 5.82 Å². The fraction of sp³-hybridized carbons (Fsp3) is 0.333. The molecule has 1 heterocycles. The van der Waals surface area contributed by atoms with E-state index in [1.807, 2.05) is 62.4 Å². The second-order valence-corrected chi connectivity index (χ2v) is 15.0. The maximum Gasteiger partial charge on any atom is 0.330 e. The zero-order valence-corrected chi connectivity index (χ0v) is 31.9. The Morgan fingerprint density at radius 2 is 1.63 bits per heavy atom. The van der Waals surface area contributed by atoms with Gasteiger partial charge < -0.3 is 34.3 Å². The fourth-order valence-electron chi connectivity index (χ4n) is 6.16. The molecule has 10 nitrogen and oxygen atoms in total. The van der Waals surface area contributed by atoms with Crippen molar-refractivity contribution in [2.75, 3.05) is 24.7 Å². The van der Waals surface area contributed by atoms with Crippen LogP contribution < -0.4 is 5.32 Å². The van der Waals surface area contributed by atoms with Crippen molar-refractivity contribution in [3.63, 3.8) is 0 Å². The monoisotopic (exact) mass is 758 g/mol. The summed E-state index contributed by atoms with van der Waals surface area (Å²) in [6.45, 7) is 7.85. The Hall–Kier alpha value is -4.82. The number of carboxylic acids is 1. The van der Waals surface area contributed by atoms with E-state index in [9.17, 15) is 24.4 Å². The Kier molecular flexibility index (Phi) is 15.5. The highest BCUT2D eigenvalue weighted by atomic mass is 31.2. The third-order valence-electron chi connectivity index (χ3n) is 8.34. The second-order valence-electron chi connectivity index (χ2n) is 12.9. The number of unbranched alkanes of at least 4 members (excludes halogenated alkanes) is 1. The molecule has 12 heteroatoms. The van der Waals surface area contributed by atoms with Gasteiger partial charge in [-0.25, -0.2) is 4.39 Å². The molecule has 1 amide bonds. The van der Waals surface area contributed by atoms with Crippen molar-refractivity contribution in [1.82, 2.24) is 4.57 Å². The number of para-hydroxylation sites is 1. The maximum absolute atomic E-state index is 15.0. The molecular formula is C42H48FN2O8P. The number of nitrogens with zero attached hydrogens (tertiary/aromatic N) is 1. The summed E-state index contributed by atoms with van der Waals surface area (Å²) < 4.78 is 40.6. The van der Waals surface area contributed by atoms with E-state index in [4.69, 9.17) is 14.2 Å². The lowest BCUT2D eigenvalue weighted by Crippen LogP contribution is -2.19. The van der Waals surface area contributed by atoms with Gasteiger partial charge in [0, 0.05) is 47.1 Å². The number of aromatic nitrogens is 1. The largest absolute Gasteiger partial charge is 0.481 e. The predicted octanol–water partition coefficient (Wildman–Crippen LogP) is 8.79. The van der Waals surface area contributed by atoms with E-state index < -0.39 is 43.9 Å². The van der Waals surface area contributed by atoms with E-state index in [0.717, 1.165) is 0 Å². The molecule has 0 aliphatic heterocycles. The number of rotatable bonds is 18. The maximum atomic E-state index is 15.0. The van der Waals surface area contributed by atoms with Crippen LogP contribution in [0.5, 0.6) is 0 Å². The third kappa shape index (κ3) is 11.3. The molecule has 4 rings (SSSR count). The van der Waals surface area contributed by atoms with E-state index in [0.29, 0.717) is 57.7 Å². The van der Waals surface area contributed by atoms with Crippen LogP contribution in [0.25, 0.3) is 28.6 Å². The Morgan fingerprint density at radius 3 is 2.24 bits per heavy atom. The average Bonchev–Trinajstić information content (AvgIpc) is 3.47. The van der Waals surface area contributed by atoms with Crippen LogP contribution in [-0.4, -0.2) is 63.3 Å². The Labute approximate surface area is 316 Å². The highest BCUT2D eigenvalue weighted by Gasteiger charge is 2.31. The van der Waals surface area contributed by atoms with E-state index >= 15 is 4.39 Å². The zero-order chi connectivity index (χ0) is 39.3. The molecule has 0 spiro atoms. The number of carbonyl (C=O) groups is 2. The predicted molar refractivity (Wildman–Crippen MR) is 210 cm³/mol. The normalized spacial score (nSPS) is 12.7. The molecule has 0 unspecified atom stereocenters. The topological polar surface area (TPSA) is 147 Å². The fourth-order valence-corrected chi connectivity index (χ4v) is 7.82. The minimum Gasteiger partial charge on any atom is -0.481 e. The summed E-state index contributed by atoms with van der Waals surface area (Å²) in [5, 5.41) is 33.3. The summed E-state index contributed by atoms with van der Waals surface area (Å²) in [5.74, 6) is 3.82. The molecule has 0 radical (unpaired) electrons. The van der Waals surface area contributed by atoms with Crippen LogP contribution >= 0.6 is 7.60 Å². The first-order valence-corrected chi connectivity index (χ1v) is 19.7. The molecule has 0 fully saturated rings. The number of hydrogen-bond acceptors (Lipinski definition) is 7. The molecule has 4 N–H and O–H groups in total. The number of carbonyl (C=O) groups excluding carboxylic acids is 1. The van der Waals surface area contributed by atoms with Gasteiger partial charge in [0.15, 0.2) is 0 Å². The molecule has 286 valence electrons. The summed E-state index contributed by atoms with van der Waals surface area (Å²) in [6, 6.07) is 22.6. The number of aliphatic hydroxyl groups excluding tert-OH is 2. The van der Waals surface area contributed by atoms with Crippen molar-refractivity contribution in [3.05, 3.63) is 108 Å². The summed E-state index contributed by atoms with van der Waals surface area (Å²) in [7, 11) is -3.26. The minimum atomic E-state index is -3.26. The summed E-state index contributed by atoms with van der Waals surface area (Å²) >= 11 is 0. The molecule has 0 saturated carbocycles. The highest BCUT2D eigenvalue weighted by molar-refractivity contribution is 7.53. The van der Waals surface area contributed by atoms with Gasteiger partial charge in [-0.1, -0.05) is 74.2 Å². The van der Waals surface area contributed by atoms with Gasteiger partial charge in [-0.05, 0) is 68.2 Å². The molecule has 4 aromatic rings. The van der Waals surface area contributed by atoms with Crippen LogP contribution in [0.4, 0.5) is 10.1 Å². The van der Waals surface area contributed by atoms with Crippen molar-refractivity contribution in [3.8, 4) is 34.2 Å². The van der Waals surface area contributed by atoms with Crippen LogP contribution in [0.2, 0.25) is 0 Å². The van der Waals surface area contributed by atoms with Crippen molar-refractivity contribution in [2.45, 2.75) is 71.5 Å². The lowest BCUT2D eigenvalue weighted by molar-refractivity contribution is -0.139. The second kappa shape index (κ2) is 20.0. The van der Waals surface area contributed by atoms with Crippen LogP contribution in [0.3, 0.4) is 0 Å². The van der Waals surface area contributed by atoms with Gasteiger partial charge in [-0.2, -0.15) is 0 Å². The first kappa shape index (κ1) is 41.9. The number of aliphatic hydroxyl groups is 2. The van der Waals surface area contributed by atoms with Crippen molar-refractivity contribution < 1.29 is 42.9 Å². The van der Waals surface area contributed by atoms with Gasteiger partial charge in [0.05, 0.1) is 49.3 Å². The highest BCUT2D eigenvalue weighted by Crippen LogP contribution is 2.48. The van der Waals surface area contributed by atoms with Gasteiger partial charge in [0.25, 0.3) is 5.91 Å². The number of carboxylic acid groups (broad SMARTS) is 1. The van der Waals surface area contributed by atoms with E-state index in [1.165, 1.54) is 18.2 Å². The average molecular weight is 759 g/mol. The van der Waals surface area contributed by atoms with Crippen molar-refractivity contribution >= 4 is 31.4 Å². The van der Waals surface area contributed by atoms with Gasteiger partial charge in [0.2, 0.25) is 0 Å². The molecule has 0 bridgehead atoms. The number of anilines is 1. The van der Waals surface area contributed by atoms with E-state index in [1.54, 1.807) is 42.8 Å². The van der Waals surface area contributed by atoms with Crippen LogP contribution in [0, 0.1) is 17.7 Å². The molecule has 0 aliphatic carbocycles. The van der Waals surface area contributed by atoms with Crippen LogP contribution in [0.1, 0.15) is 80.9 Å². The molecule has 2 atom stereocenters. The molecular weight excluding hydrogens is 710 g/mol. The molecule has 0 aliphatic rings. The van der Waals surface area contributed by atoms with Gasteiger partial charge in [-0.15, -0.1) is 0 Å². The molecule has 54 heavy (non-hydrogen) atoms. The van der Waals surface area contributed by atoms with Crippen molar-refractivity contribution in [2.24, 2.45) is 0 Å². The number of amides is 1. The van der Waals surface area contributed by atoms with Gasteiger partial charge >= 0.3 is 13.6 Å². The number of hydrogen-bond donors (Lipinski definition) is 4. The van der Waals surface area contributed by atoms with E-state index in [-0.39, 0.29) is 31.7 Å². The number of aliphatic carboxylic acids is 1. The summed E-state index contributed by atoms with van der Waals surface area (Å²) in [6.07, 6.45) is 0.612. The number of benzene rings is 3. The van der Waals surface area contributed by atoms with Gasteiger partial charge in [-0.3, -0.25) is 14.2 Å².